The highest BCUT2D eigenvalue weighted by Crippen LogP contribution is 2.36. The van der Waals surface area contributed by atoms with Crippen LogP contribution < -0.4 is 10.6 Å². The minimum atomic E-state index is -0.773. The summed E-state index contributed by atoms with van der Waals surface area (Å²) in [7, 11) is 0. The van der Waals surface area contributed by atoms with Gasteiger partial charge in [0, 0.05) is 23.0 Å². The predicted molar refractivity (Wildman–Crippen MR) is 123 cm³/mol. The van der Waals surface area contributed by atoms with Crippen LogP contribution in [0, 0.1) is 0 Å². The summed E-state index contributed by atoms with van der Waals surface area (Å²) in [4.78, 5) is 25.1. The number of urea groups is 1. The molecule has 164 valence electrons. The number of hydrogen-bond donors (Lipinski definition) is 2. The lowest BCUT2D eigenvalue weighted by molar-refractivity contribution is -0.139. The molecule has 0 radical (unpaired) electrons. The van der Waals surface area contributed by atoms with Crippen molar-refractivity contribution >= 4 is 35.2 Å². The maximum atomic E-state index is 12.8. The molecule has 2 aromatic carbocycles. The van der Waals surface area contributed by atoms with Crippen molar-refractivity contribution < 1.29 is 14.3 Å². The van der Waals surface area contributed by atoms with E-state index < -0.39 is 18.0 Å². The molecular weight excluding hydrogens is 451 g/mol. The van der Waals surface area contributed by atoms with E-state index in [2.05, 4.69) is 10.6 Å². The Balaban J connectivity index is 1.92. The van der Waals surface area contributed by atoms with E-state index in [0.29, 0.717) is 38.1 Å². The van der Waals surface area contributed by atoms with Gasteiger partial charge in [0.25, 0.3) is 0 Å². The first kappa shape index (κ1) is 21.9. The van der Waals surface area contributed by atoms with E-state index in [9.17, 15) is 9.59 Å². The normalized spacial score (nSPS) is 15.9. The molecule has 1 aromatic heterocycles. The Morgan fingerprint density at radius 1 is 1.16 bits per heavy atom. The Morgan fingerprint density at radius 3 is 2.59 bits per heavy atom. The van der Waals surface area contributed by atoms with Crippen molar-refractivity contribution in [3.05, 3.63) is 81.6 Å². The van der Waals surface area contributed by atoms with Crippen LogP contribution in [0.1, 0.15) is 25.5 Å². The van der Waals surface area contributed by atoms with Crippen molar-refractivity contribution in [2.45, 2.75) is 19.9 Å². The topological polar surface area (TPSA) is 85.2 Å². The van der Waals surface area contributed by atoms with E-state index >= 15 is 0 Å². The summed E-state index contributed by atoms with van der Waals surface area (Å²) in [6, 6.07) is 13.5. The number of amides is 2. The Morgan fingerprint density at radius 2 is 1.91 bits per heavy atom. The second kappa shape index (κ2) is 9.06. The first-order valence-electron chi connectivity index (χ1n) is 9.94. The van der Waals surface area contributed by atoms with Gasteiger partial charge >= 0.3 is 12.0 Å². The number of ether oxygens (including phenoxy) is 1. The van der Waals surface area contributed by atoms with Gasteiger partial charge in [-0.15, -0.1) is 0 Å². The minimum Gasteiger partial charge on any atom is -0.463 e. The van der Waals surface area contributed by atoms with Crippen LogP contribution in [-0.4, -0.2) is 28.4 Å². The molecule has 0 aliphatic carbocycles. The molecule has 4 rings (SSSR count). The third-order valence-corrected chi connectivity index (χ3v) is 5.77. The molecule has 1 aliphatic rings. The van der Waals surface area contributed by atoms with Gasteiger partial charge in [0.15, 0.2) is 0 Å². The zero-order valence-corrected chi connectivity index (χ0v) is 18.9. The Labute approximate surface area is 195 Å². The SMILES string of the molecule is CCOC(=O)C1=C(C)NC(=O)NC1c1cn(-c2ccccc2)nc1-c1ccc(Cl)c(Cl)c1. The van der Waals surface area contributed by atoms with Crippen molar-refractivity contribution in [1.29, 1.82) is 0 Å². The summed E-state index contributed by atoms with van der Waals surface area (Å²) in [6.07, 6.45) is 1.79. The van der Waals surface area contributed by atoms with E-state index in [1.807, 2.05) is 30.3 Å². The Bertz CT molecular complexity index is 1220. The van der Waals surface area contributed by atoms with Gasteiger partial charge in [-0.25, -0.2) is 14.3 Å². The van der Waals surface area contributed by atoms with Gasteiger partial charge < -0.3 is 15.4 Å². The van der Waals surface area contributed by atoms with Crippen LogP contribution in [0.5, 0.6) is 0 Å². The molecule has 0 bridgehead atoms. The molecule has 7 nitrogen and oxygen atoms in total. The molecule has 1 aliphatic heterocycles. The lowest BCUT2D eigenvalue weighted by Crippen LogP contribution is -2.45. The Hall–Kier alpha value is -3.29. The number of nitrogens with one attached hydrogen (secondary N) is 2. The molecule has 0 spiro atoms. The number of benzene rings is 2. The number of nitrogens with zero attached hydrogens (tertiary/aromatic N) is 2. The van der Waals surface area contributed by atoms with Crippen molar-refractivity contribution in [2.24, 2.45) is 0 Å². The highest BCUT2D eigenvalue weighted by atomic mass is 35.5. The number of carbonyl (C=O) groups excluding carboxylic acids is 2. The molecule has 1 atom stereocenters. The second-order valence-electron chi connectivity index (χ2n) is 7.13. The first-order chi connectivity index (χ1) is 15.4. The molecular formula is C23H20Cl2N4O3. The average molecular weight is 471 g/mol. The fourth-order valence-electron chi connectivity index (χ4n) is 3.59. The summed E-state index contributed by atoms with van der Waals surface area (Å²) in [5.74, 6) is -0.518. The molecule has 2 N–H and O–H groups in total. The van der Waals surface area contributed by atoms with Crippen LogP contribution in [0.2, 0.25) is 10.0 Å². The molecule has 2 heterocycles. The van der Waals surface area contributed by atoms with Gasteiger partial charge in [0.2, 0.25) is 0 Å². The molecule has 1 unspecified atom stereocenters. The molecule has 0 saturated heterocycles. The third-order valence-electron chi connectivity index (χ3n) is 5.03. The van der Waals surface area contributed by atoms with Crippen molar-refractivity contribution in [3.8, 4) is 16.9 Å². The number of carbonyl (C=O) groups is 2. The number of esters is 1. The van der Waals surface area contributed by atoms with E-state index in [1.165, 1.54) is 0 Å². The minimum absolute atomic E-state index is 0.208. The number of aromatic nitrogens is 2. The standard InChI is InChI=1S/C23H20Cl2N4O3/c1-3-32-22(30)19-13(2)26-23(31)27-21(19)16-12-29(15-7-5-4-6-8-15)28-20(16)14-9-10-17(24)18(25)11-14/h4-12,21H,3H2,1-2H3,(H2,26,27,31). The van der Waals surface area contributed by atoms with Crippen molar-refractivity contribution in [2.75, 3.05) is 6.61 Å². The number of hydrogen-bond acceptors (Lipinski definition) is 4. The fourth-order valence-corrected chi connectivity index (χ4v) is 3.88. The van der Waals surface area contributed by atoms with Crippen molar-refractivity contribution in [3.63, 3.8) is 0 Å². The number of rotatable bonds is 5. The summed E-state index contributed by atoms with van der Waals surface area (Å²) in [6.45, 7) is 3.60. The van der Waals surface area contributed by atoms with Crippen LogP contribution in [0.15, 0.2) is 66.0 Å². The Kier molecular flexibility index (Phi) is 6.21. The monoisotopic (exact) mass is 470 g/mol. The van der Waals surface area contributed by atoms with Gasteiger partial charge in [-0.2, -0.15) is 5.10 Å². The van der Waals surface area contributed by atoms with Crippen LogP contribution in [0.25, 0.3) is 16.9 Å². The molecule has 2 amide bonds. The number of allylic oxidation sites excluding steroid dienone is 1. The lowest BCUT2D eigenvalue weighted by atomic mass is 9.94. The van der Waals surface area contributed by atoms with Crippen LogP contribution in [0.3, 0.4) is 0 Å². The fraction of sp³-hybridized carbons (Fsp3) is 0.174. The molecule has 0 saturated carbocycles. The van der Waals surface area contributed by atoms with E-state index in [4.69, 9.17) is 33.0 Å². The summed E-state index contributed by atoms with van der Waals surface area (Å²) >= 11 is 12.4. The van der Waals surface area contributed by atoms with Crippen molar-refractivity contribution in [1.82, 2.24) is 20.4 Å². The second-order valence-corrected chi connectivity index (χ2v) is 7.95. The summed E-state index contributed by atoms with van der Waals surface area (Å²) < 4.78 is 6.95. The summed E-state index contributed by atoms with van der Waals surface area (Å²) in [5.41, 5.74) is 3.40. The smallest absolute Gasteiger partial charge is 0.338 e. The third kappa shape index (κ3) is 4.22. The van der Waals surface area contributed by atoms with E-state index in [1.54, 1.807) is 42.9 Å². The van der Waals surface area contributed by atoms with Gasteiger partial charge in [-0.05, 0) is 38.1 Å². The largest absolute Gasteiger partial charge is 0.463 e. The van der Waals surface area contributed by atoms with E-state index in [-0.39, 0.29) is 6.61 Å². The lowest BCUT2D eigenvalue weighted by Gasteiger charge is -2.27. The molecule has 0 fully saturated rings. The van der Waals surface area contributed by atoms with Crippen LogP contribution in [0.4, 0.5) is 4.79 Å². The highest BCUT2D eigenvalue weighted by Gasteiger charge is 2.35. The average Bonchev–Trinajstić information content (AvgIpc) is 3.21. The zero-order valence-electron chi connectivity index (χ0n) is 17.4. The first-order valence-corrected chi connectivity index (χ1v) is 10.7. The predicted octanol–water partition coefficient (Wildman–Crippen LogP) is 5.04. The maximum Gasteiger partial charge on any atom is 0.338 e. The van der Waals surface area contributed by atoms with Crippen LogP contribution in [-0.2, 0) is 9.53 Å². The number of para-hydroxylation sites is 1. The maximum absolute atomic E-state index is 12.8. The molecule has 32 heavy (non-hydrogen) atoms. The van der Waals surface area contributed by atoms with Crippen LogP contribution >= 0.6 is 23.2 Å². The van der Waals surface area contributed by atoms with Gasteiger partial charge in [0.05, 0.1) is 39.6 Å². The van der Waals surface area contributed by atoms with E-state index in [0.717, 1.165) is 5.69 Å². The van der Waals surface area contributed by atoms with Gasteiger partial charge in [-0.3, -0.25) is 0 Å². The highest BCUT2D eigenvalue weighted by molar-refractivity contribution is 6.42. The number of halogens is 2. The van der Waals surface area contributed by atoms with Gasteiger partial charge in [-0.1, -0.05) is 47.5 Å². The zero-order chi connectivity index (χ0) is 22.8. The summed E-state index contributed by atoms with van der Waals surface area (Å²) in [5, 5.41) is 11.0. The molecule has 3 aromatic rings. The quantitative estimate of drug-likeness (QED) is 0.511. The van der Waals surface area contributed by atoms with Gasteiger partial charge in [0.1, 0.15) is 0 Å². The molecule has 9 heteroatoms.